The van der Waals surface area contributed by atoms with E-state index < -0.39 is 5.54 Å². The third-order valence-corrected chi connectivity index (χ3v) is 2.68. The van der Waals surface area contributed by atoms with Crippen LogP contribution in [0.25, 0.3) is 0 Å². The van der Waals surface area contributed by atoms with Gasteiger partial charge in [0.05, 0.1) is 24.9 Å². The Labute approximate surface area is 110 Å². The first kappa shape index (κ1) is 17.4. The normalized spacial score (nSPS) is 16.6. The van der Waals surface area contributed by atoms with E-state index in [0.717, 1.165) is 0 Å². The fourth-order valence-electron chi connectivity index (χ4n) is 1.95. The highest BCUT2D eigenvalue weighted by Crippen LogP contribution is 2.15. The van der Waals surface area contributed by atoms with Crippen LogP contribution in [-0.2, 0) is 14.3 Å². The van der Waals surface area contributed by atoms with Crippen molar-refractivity contribution in [1.82, 2.24) is 5.32 Å². The van der Waals surface area contributed by atoms with Crippen molar-refractivity contribution in [3.8, 4) is 0 Å². The third kappa shape index (κ3) is 6.93. The molecule has 0 aromatic heterocycles. The molecule has 2 atom stereocenters. The SMILES string of the molecule is CCOCCOC(C)CC(C)(NC(C)C)C(N)=O. The average molecular weight is 260 g/mol. The molecule has 0 aromatic carbocycles. The molecule has 0 heterocycles. The molecule has 1 amide bonds. The van der Waals surface area contributed by atoms with Crippen LogP contribution in [0.15, 0.2) is 0 Å². The van der Waals surface area contributed by atoms with Crippen LogP contribution in [0.1, 0.15) is 41.0 Å². The highest BCUT2D eigenvalue weighted by Gasteiger charge is 2.33. The monoisotopic (exact) mass is 260 g/mol. The lowest BCUT2D eigenvalue weighted by Crippen LogP contribution is -2.57. The molecule has 0 aliphatic rings. The third-order valence-electron chi connectivity index (χ3n) is 2.68. The second-order valence-corrected chi connectivity index (χ2v) is 5.08. The van der Waals surface area contributed by atoms with E-state index in [0.29, 0.717) is 26.2 Å². The number of hydrogen-bond donors (Lipinski definition) is 2. The molecule has 0 aliphatic heterocycles. The van der Waals surface area contributed by atoms with Gasteiger partial charge in [-0.1, -0.05) is 0 Å². The number of rotatable bonds is 10. The zero-order valence-electron chi connectivity index (χ0n) is 12.3. The van der Waals surface area contributed by atoms with E-state index in [1.54, 1.807) is 0 Å². The van der Waals surface area contributed by atoms with Gasteiger partial charge >= 0.3 is 0 Å². The summed E-state index contributed by atoms with van der Waals surface area (Å²) >= 11 is 0. The highest BCUT2D eigenvalue weighted by molar-refractivity contribution is 5.84. The zero-order valence-corrected chi connectivity index (χ0v) is 12.3. The summed E-state index contributed by atoms with van der Waals surface area (Å²) < 4.78 is 10.8. The first-order chi connectivity index (χ1) is 8.31. The van der Waals surface area contributed by atoms with Crippen LogP contribution in [-0.4, -0.2) is 43.4 Å². The maximum absolute atomic E-state index is 11.5. The number of nitrogens with two attached hydrogens (primary N) is 1. The Balaban J connectivity index is 4.19. The number of carbonyl (C=O) groups is 1. The number of amides is 1. The van der Waals surface area contributed by atoms with Crippen molar-refractivity contribution in [2.75, 3.05) is 19.8 Å². The Morgan fingerprint density at radius 1 is 1.33 bits per heavy atom. The van der Waals surface area contributed by atoms with Gasteiger partial charge in [-0.05, 0) is 34.6 Å². The van der Waals surface area contributed by atoms with Crippen LogP contribution in [0.5, 0.6) is 0 Å². The molecule has 0 spiro atoms. The summed E-state index contributed by atoms with van der Waals surface area (Å²) in [5, 5.41) is 3.20. The molecule has 3 N–H and O–H groups in total. The molecule has 5 nitrogen and oxygen atoms in total. The van der Waals surface area contributed by atoms with E-state index in [9.17, 15) is 4.79 Å². The molecule has 5 heteroatoms. The molecule has 18 heavy (non-hydrogen) atoms. The average Bonchev–Trinajstić information content (AvgIpc) is 2.23. The smallest absolute Gasteiger partial charge is 0.237 e. The van der Waals surface area contributed by atoms with Gasteiger partial charge in [0.2, 0.25) is 5.91 Å². The summed E-state index contributed by atoms with van der Waals surface area (Å²) in [5.74, 6) is -0.351. The summed E-state index contributed by atoms with van der Waals surface area (Å²) in [6.07, 6.45) is 0.501. The van der Waals surface area contributed by atoms with Crippen molar-refractivity contribution in [3.63, 3.8) is 0 Å². The van der Waals surface area contributed by atoms with E-state index in [2.05, 4.69) is 5.32 Å². The molecule has 0 bridgehead atoms. The molecular weight excluding hydrogens is 232 g/mol. The molecular formula is C13H28N2O3. The van der Waals surface area contributed by atoms with E-state index in [1.165, 1.54) is 0 Å². The Morgan fingerprint density at radius 3 is 2.39 bits per heavy atom. The molecule has 0 saturated heterocycles. The fraction of sp³-hybridized carbons (Fsp3) is 0.923. The second kappa shape index (κ2) is 8.45. The van der Waals surface area contributed by atoms with Gasteiger partial charge < -0.3 is 20.5 Å². The van der Waals surface area contributed by atoms with Crippen LogP contribution < -0.4 is 11.1 Å². The van der Waals surface area contributed by atoms with Crippen molar-refractivity contribution in [2.24, 2.45) is 5.73 Å². The standard InChI is InChI=1S/C13H28N2O3/c1-6-17-7-8-18-11(4)9-13(5,12(14)16)15-10(2)3/h10-11,15H,6-9H2,1-5H3,(H2,14,16). The van der Waals surface area contributed by atoms with E-state index >= 15 is 0 Å². The van der Waals surface area contributed by atoms with E-state index in [4.69, 9.17) is 15.2 Å². The van der Waals surface area contributed by atoms with Gasteiger partial charge in [-0.15, -0.1) is 0 Å². The van der Waals surface area contributed by atoms with Gasteiger partial charge in [0.25, 0.3) is 0 Å². The van der Waals surface area contributed by atoms with Crippen molar-refractivity contribution in [2.45, 2.75) is 58.7 Å². The van der Waals surface area contributed by atoms with Crippen LogP contribution in [0.2, 0.25) is 0 Å². The predicted molar refractivity (Wildman–Crippen MR) is 72.4 cm³/mol. The first-order valence-electron chi connectivity index (χ1n) is 6.58. The van der Waals surface area contributed by atoms with Gasteiger partial charge in [0, 0.05) is 19.1 Å². The van der Waals surface area contributed by atoms with Crippen molar-refractivity contribution in [1.29, 1.82) is 0 Å². The molecule has 0 fully saturated rings. The molecule has 0 aromatic rings. The molecule has 0 rings (SSSR count). The Morgan fingerprint density at radius 2 is 1.94 bits per heavy atom. The summed E-state index contributed by atoms with van der Waals surface area (Å²) in [6, 6.07) is 0.193. The lowest BCUT2D eigenvalue weighted by atomic mass is 9.93. The summed E-state index contributed by atoms with van der Waals surface area (Å²) in [5.41, 5.74) is 4.73. The Hall–Kier alpha value is -0.650. The zero-order chi connectivity index (χ0) is 14.2. The molecule has 0 radical (unpaired) electrons. The molecule has 0 aliphatic carbocycles. The number of ether oxygens (including phenoxy) is 2. The van der Waals surface area contributed by atoms with Crippen molar-refractivity contribution < 1.29 is 14.3 Å². The predicted octanol–water partition coefficient (Wildman–Crippen LogP) is 1.06. The lowest BCUT2D eigenvalue weighted by molar-refractivity contribution is -0.125. The quantitative estimate of drug-likeness (QED) is 0.576. The van der Waals surface area contributed by atoms with Crippen molar-refractivity contribution >= 4 is 5.91 Å². The number of carbonyl (C=O) groups excluding carboxylic acids is 1. The number of primary amides is 1. The summed E-state index contributed by atoms with van der Waals surface area (Å²) in [4.78, 5) is 11.5. The van der Waals surface area contributed by atoms with Gasteiger partial charge in [0.15, 0.2) is 0 Å². The highest BCUT2D eigenvalue weighted by atomic mass is 16.5. The van der Waals surface area contributed by atoms with Gasteiger partial charge in [0.1, 0.15) is 0 Å². The summed E-state index contributed by atoms with van der Waals surface area (Å²) in [7, 11) is 0. The van der Waals surface area contributed by atoms with Gasteiger partial charge in [-0.25, -0.2) is 0 Å². The number of hydrogen-bond acceptors (Lipinski definition) is 4. The minimum atomic E-state index is -0.737. The molecule has 0 saturated carbocycles. The molecule has 2 unspecified atom stereocenters. The largest absolute Gasteiger partial charge is 0.379 e. The summed E-state index contributed by atoms with van der Waals surface area (Å²) in [6.45, 7) is 11.5. The van der Waals surface area contributed by atoms with E-state index in [-0.39, 0.29) is 18.1 Å². The Bertz CT molecular complexity index is 246. The van der Waals surface area contributed by atoms with Crippen molar-refractivity contribution in [3.05, 3.63) is 0 Å². The topological polar surface area (TPSA) is 73.6 Å². The van der Waals surface area contributed by atoms with Gasteiger partial charge in [-0.2, -0.15) is 0 Å². The minimum absolute atomic E-state index is 0.0470. The van der Waals surface area contributed by atoms with E-state index in [1.807, 2.05) is 34.6 Å². The minimum Gasteiger partial charge on any atom is -0.379 e. The first-order valence-corrected chi connectivity index (χ1v) is 6.58. The van der Waals surface area contributed by atoms with Crippen LogP contribution in [0.3, 0.4) is 0 Å². The maximum Gasteiger partial charge on any atom is 0.237 e. The number of nitrogens with one attached hydrogen (secondary N) is 1. The van der Waals surface area contributed by atoms with Gasteiger partial charge in [-0.3, -0.25) is 4.79 Å². The van der Waals surface area contributed by atoms with Crippen LogP contribution in [0.4, 0.5) is 0 Å². The fourth-order valence-corrected chi connectivity index (χ4v) is 1.95. The lowest BCUT2D eigenvalue weighted by Gasteiger charge is -2.32. The Kier molecular flexibility index (Phi) is 8.15. The second-order valence-electron chi connectivity index (χ2n) is 5.08. The van der Waals surface area contributed by atoms with Crippen LogP contribution >= 0.6 is 0 Å². The maximum atomic E-state index is 11.5. The molecule has 108 valence electrons. The van der Waals surface area contributed by atoms with Crippen LogP contribution in [0, 0.1) is 0 Å².